The lowest BCUT2D eigenvalue weighted by Gasteiger charge is -2.36. The van der Waals surface area contributed by atoms with Gasteiger partial charge in [-0.25, -0.2) is 4.79 Å². The number of rotatable bonds is 2. The molecule has 0 atom stereocenters. The van der Waals surface area contributed by atoms with E-state index in [-0.39, 0.29) is 6.09 Å². The molecular formula is C18H23N5O3. The van der Waals surface area contributed by atoms with Crippen molar-refractivity contribution in [2.75, 3.05) is 31.1 Å². The molecule has 2 N–H and O–H groups in total. The molecule has 0 unspecified atom stereocenters. The van der Waals surface area contributed by atoms with Gasteiger partial charge in [0.1, 0.15) is 11.1 Å². The first-order valence-corrected chi connectivity index (χ1v) is 8.53. The van der Waals surface area contributed by atoms with Gasteiger partial charge in [0.15, 0.2) is 0 Å². The largest absolute Gasteiger partial charge is 0.444 e. The predicted octanol–water partition coefficient (Wildman–Crippen LogP) is 1.79. The fourth-order valence-electron chi connectivity index (χ4n) is 2.98. The molecule has 1 aliphatic heterocycles. The summed E-state index contributed by atoms with van der Waals surface area (Å²) >= 11 is 0. The summed E-state index contributed by atoms with van der Waals surface area (Å²) in [7, 11) is 0. The number of aromatic nitrogens is 2. The van der Waals surface area contributed by atoms with E-state index in [0.717, 1.165) is 11.1 Å². The maximum atomic E-state index is 12.2. The molecule has 0 radical (unpaired) electrons. The van der Waals surface area contributed by atoms with E-state index in [2.05, 4.69) is 15.1 Å². The number of ether oxygens (including phenoxy) is 1. The zero-order valence-electron chi connectivity index (χ0n) is 15.2. The van der Waals surface area contributed by atoms with E-state index >= 15 is 0 Å². The second-order valence-electron chi connectivity index (χ2n) is 7.25. The zero-order valence-corrected chi connectivity index (χ0v) is 15.2. The van der Waals surface area contributed by atoms with Crippen LogP contribution in [0.5, 0.6) is 0 Å². The van der Waals surface area contributed by atoms with Gasteiger partial charge < -0.3 is 20.3 Å². The number of carbonyl (C=O) groups is 2. The maximum Gasteiger partial charge on any atom is 0.410 e. The molecule has 0 spiro atoms. The van der Waals surface area contributed by atoms with Crippen LogP contribution >= 0.6 is 0 Å². The Morgan fingerprint density at radius 2 is 1.85 bits per heavy atom. The number of hydrogen-bond donors (Lipinski definition) is 1. The third-order valence-electron chi connectivity index (χ3n) is 4.19. The highest BCUT2D eigenvalue weighted by Gasteiger charge is 2.27. The van der Waals surface area contributed by atoms with Crippen LogP contribution < -0.4 is 10.6 Å². The lowest BCUT2D eigenvalue weighted by atomic mass is 10.1. The molecule has 1 aromatic carbocycles. The highest BCUT2D eigenvalue weighted by Crippen LogP contribution is 2.27. The van der Waals surface area contributed by atoms with E-state index in [1.807, 2.05) is 26.8 Å². The number of piperazine rings is 1. The molecule has 138 valence electrons. The Labute approximate surface area is 151 Å². The van der Waals surface area contributed by atoms with Crippen molar-refractivity contribution in [3.8, 4) is 0 Å². The monoisotopic (exact) mass is 357 g/mol. The number of fused-ring (bicyclic) bond motifs is 1. The Balaban J connectivity index is 1.79. The third kappa shape index (κ3) is 3.68. The maximum absolute atomic E-state index is 12.2. The van der Waals surface area contributed by atoms with Gasteiger partial charge in [0.25, 0.3) is 5.91 Å². The molecule has 2 heterocycles. The molecule has 2 amide bonds. The van der Waals surface area contributed by atoms with Crippen molar-refractivity contribution >= 4 is 28.6 Å². The molecule has 8 heteroatoms. The van der Waals surface area contributed by atoms with Gasteiger partial charge in [0.05, 0.1) is 17.4 Å². The van der Waals surface area contributed by atoms with E-state index in [0.29, 0.717) is 37.3 Å². The van der Waals surface area contributed by atoms with E-state index in [1.54, 1.807) is 23.2 Å². The Morgan fingerprint density at radius 1 is 1.15 bits per heavy atom. The van der Waals surface area contributed by atoms with Crippen LogP contribution in [0, 0.1) is 0 Å². The minimum Gasteiger partial charge on any atom is -0.444 e. The molecule has 1 saturated heterocycles. The lowest BCUT2D eigenvalue weighted by molar-refractivity contribution is 0.0240. The Kier molecular flexibility index (Phi) is 4.67. The topological polar surface area (TPSA) is 102 Å². The highest BCUT2D eigenvalue weighted by molar-refractivity contribution is 6.07. The van der Waals surface area contributed by atoms with Gasteiger partial charge in [-0.3, -0.25) is 4.79 Å². The van der Waals surface area contributed by atoms with Crippen LogP contribution in [0.1, 0.15) is 31.1 Å². The van der Waals surface area contributed by atoms with E-state index in [1.165, 1.54) is 0 Å². The summed E-state index contributed by atoms with van der Waals surface area (Å²) < 4.78 is 5.43. The quantitative estimate of drug-likeness (QED) is 0.879. The Hall–Kier alpha value is -2.90. The molecule has 0 bridgehead atoms. The fraction of sp³-hybridized carbons (Fsp3) is 0.444. The van der Waals surface area contributed by atoms with E-state index < -0.39 is 11.5 Å². The van der Waals surface area contributed by atoms with Gasteiger partial charge in [-0.15, -0.1) is 5.10 Å². The zero-order chi connectivity index (χ0) is 18.9. The van der Waals surface area contributed by atoms with Crippen molar-refractivity contribution in [3.63, 3.8) is 0 Å². The minimum absolute atomic E-state index is 0.300. The van der Waals surface area contributed by atoms with Crippen LogP contribution in [0.15, 0.2) is 24.4 Å². The Morgan fingerprint density at radius 3 is 2.46 bits per heavy atom. The predicted molar refractivity (Wildman–Crippen MR) is 98.1 cm³/mol. The number of nitrogens with two attached hydrogens (primary N) is 1. The molecular weight excluding hydrogens is 334 g/mol. The number of primary amides is 1. The number of amides is 2. The SMILES string of the molecule is CC(C)(C)OC(=O)N1CCN(c2cnnc3c(C(N)=O)cccc23)CC1. The van der Waals surface area contributed by atoms with Crippen molar-refractivity contribution in [1.82, 2.24) is 15.1 Å². The lowest BCUT2D eigenvalue weighted by Crippen LogP contribution is -2.50. The first kappa shape index (κ1) is 17.9. The van der Waals surface area contributed by atoms with Crippen LogP contribution in [0.3, 0.4) is 0 Å². The van der Waals surface area contributed by atoms with Gasteiger partial charge in [-0.2, -0.15) is 5.10 Å². The summed E-state index contributed by atoms with van der Waals surface area (Å²) in [5, 5.41) is 8.93. The standard InChI is InChI=1S/C18H23N5O3/c1-18(2,3)26-17(25)23-9-7-22(8-10-23)14-11-20-21-15-12(14)5-4-6-13(15)16(19)24/h4-6,11H,7-10H2,1-3H3,(H2,19,24). The minimum atomic E-state index is -0.531. The van der Waals surface area contributed by atoms with Crippen LogP contribution in [0.2, 0.25) is 0 Å². The number of benzene rings is 1. The normalized spacial score (nSPS) is 15.2. The van der Waals surface area contributed by atoms with Crippen LogP contribution in [0.4, 0.5) is 10.5 Å². The third-order valence-corrected chi connectivity index (χ3v) is 4.19. The summed E-state index contributed by atoms with van der Waals surface area (Å²) in [6.07, 6.45) is 1.38. The molecule has 0 aliphatic carbocycles. The van der Waals surface area contributed by atoms with Gasteiger partial charge >= 0.3 is 6.09 Å². The number of hydrogen-bond acceptors (Lipinski definition) is 6. The van der Waals surface area contributed by atoms with Gasteiger partial charge in [0.2, 0.25) is 0 Å². The fourth-order valence-corrected chi connectivity index (χ4v) is 2.98. The first-order valence-electron chi connectivity index (χ1n) is 8.53. The average Bonchev–Trinajstić information content (AvgIpc) is 2.59. The molecule has 26 heavy (non-hydrogen) atoms. The van der Waals surface area contributed by atoms with Crippen molar-refractivity contribution in [3.05, 3.63) is 30.0 Å². The van der Waals surface area contributed by atoms with Gasteiger partial charge in [0, 0.05) is 31.6 Å². The first-order chi connectivity index (χ1) is 12.3. The van der Waals surface area contributed by atoms with Gasteiger partial charge in [-0.1, -0.05) is 12.1 Å². The summed E-state index contributed by atoms with van der Waals surface area (Å²) in [4.78, 5) is 27.6. The number of anilines is 1. The summed E-state index contributed by atoms with van der Waals surface area (Å²) in [5.74, 6) is -0.531. The van der Waals surface area contributed by atoms with Crippen LogP contribution in [-0.4, -0.2) is 58.9 Å². The second-order valence-corrected chi connectivity index (χ2v) is 7.25. The highest BCUT2D eigenvalue weighted by atomic mass is 16.6. The van der Waals surface area contributed by atoms with E-state index in [4.69, 9.17) is 10.5 Å². The molecule has 0 saturated carbocycles. The summed E-state index contributed by atoms with van der Waals surface area (Å²) in [5.41, 5.74) is 6.64. The number of nitrogens with zero attached hydrogens (tertiary/aromatic N) is 4. The van der Waals surface area contributed by atoms with Crippen LogP contribution in [0.25, 0.3) is 10.9 Å². The molecule has 2 aromatic rings. The second kappa shape index (κ2) is 6.78. The molecule has 1 aromatic heterocycles. The Bertz CT molecular complexity index is 838. The molecule has 1 fully saturated rings. The van der Waals surface area contributed by atoms with E-state index in [9.17, 15) is 9.59 Å². The van der Waals surface area contributed by atoms with Crippen molar-refractivity contribution in [2.24, 2.45) is 5.73 Å². The average molecular weight is 357 g/mol. The van der Waals surface area contributed by atoms with Crippen molar-refractivity contribution in [2.45, 2.75) is 26.4 Å². The molecule has 8 nitrogen and oxygen atoms in total. The summed E-state index contributed by atoms with van der Waals surface area (Å²) in [6.45, 7) is 7.94. The molecule has 1 aliphatic rings. The molecule has 3 rings (SSSR count). The number of carbonyl (C=O) groups excluding carboxylic acids is 2. The smallest absolute Gasteiger partial charge is 0.410 e. The van der Waals surface area contributed by atoms with Crippen molar-refractivity contribution < 1.29 is 14.3 Å². The van der Waals surface area contributed by atoms with Crippen LogP contribution in [-0.2, 0) is 4.74 Å². The van der Waals surface area contributed by atoms with Gasteiger partial charge in [-0.05, 0) is 26.8 Å². The summed E-state index contributed by atoms with van der Waals surface area (Å²) in [6, 6.07) is 5.32. The van der Waals surface area contributed by atoms with Crippen molar-refractivity contribution in [1.29, 1.82) is 0 Å².